The molecule has 1 fully saturated rings. The van der Waals surface area contributed by atoms with E-state index >= 15 is 0 Å². The van der Waals surface area contributed by atoms with Crippen LogP contribution in [0.4, 0.5) is 5.69 Å². The fraction of sp³-hybridized carbons (Fsp3) is 0.409. The van der Waals surface area contributed by atoms with Gasteiger partial charge in [-0.25, -0.2) is 0 Å². The zero-order valence-electron chi connectivity index (χ0n) is 15.7. The zero-order valence-corrected chi connectivity index (χ0v) is 15.7. The van der Waals surface area contributed by atoms with Crippen LogP contribution in [0.5, 0.6) is 5.75 Å². The molecule has 0 aliphatic carbocycles. The van der Waals surface area contributed by atoms with Crippen molar-refractivity contribution >= 4 is 11.6 Å². The van der Waals surface area contributed by atoms with E-state index in [2.05, 4.69) is 40.5 Å². The first-order valence-corrected chi connectivity index (χ1v) is 9.38. The maximum atomic E-state index is 12.6. The summed E-state index contributed by atoms with van der Waals surface area (Å²) >= 11 is 0. The van der Waals surface area contributed by atoms with Crippen LogP contribution in [0.1, 0.15) is 25.3 Å². The number of carbonyl (C=O) groups is 1. The molecule has 26 heavy (non-hydrogen) atoms. The number of amides is 1. The van der Waals surface area contributed by atoms with Gasteiger partial charge in [-0.2, -0.15) is 0 Å². The van der Waals surface area contributed by atoms with E-state index in [0.29, 0.717) is 5.92 Å². The summed E-state index contributed by atoms with van der Waals surface area (Å²) < 4.78 is 5.15. The molecule has 1 amide bonds. The lowest BCUT2D eigenvalue weighted by Crippen LogP contribution is -2.46. The average Bonchev–Trinajstić information content (AvgIpc) is 2.69. The number of nitrogens with zero attached hydrogens (tertiary/aromatic N) is 1. The second kappa shape index (κ2) is 8.86. The minimum Gasteiger partial charge on any atom is -0.497 e. The third-order valence-electron chi connectivity index (χ3n) is 5.30. The molecule has 0 aromatic heterocycles. The Labute approximate surface area is 156 Å². The highest BCUT2D eigenvalue weighted by atomic mass is 16.5. The predicted molar refractivity (Wildman–Crippen MR) is 106 cm³/mol. The Kier molecular flexibility index (Phi) is 6.29. The molecule has 1 atom stereocenters. The fourth-order valence-electron chi connectivity index (χ4n) is 3.58. The van der Waals surface area contributed by atoms with Crippen molar-refractivity contribution in [3.8, 4) is 5.75 Å². The quantitative estimate of drug-likeness (QED) is 0.855. The molecule has 3 rings (SSSR count). The number of likely N-dealkylation sites (tertiary alicyclic amines) is 1. The van der Waals surface area contributed by atoms with E-state index in [9.17, 15) is 4.79 Å². The largest absolute Gasteiger partial charge is 0.497 e. The second-order valence-corrected chi connectivity index (χ2v) is 7.06. The van der Waals surface area contributed by atoms with E-state index in [4.69, 9.17) is 4.74 Å². The highest BCUT2D eigenvalue weighted by molar-refractivity contribution is 5.94. The van der Waals surface area contributed by atoms with Gasteiger partial charge in [0.2, 0.25) is 5.91 Å². The second-order valence-electron chi connectivity index (χ2n) is 7.06. The number of hydrogen-bond donors (Lipinski definition) is 1. The summed E-state index contributed by atoms with van der Waals surface area (Å²) in [6, 6.07) is 18.0. The van der Waals surface area contributed by atoms with E-state index in [0.717, 1.165) is 43.8 Å². The lowest BCUT2D eigenvalue weighted by molar-refractivity contribution is -0.121. The van der Waals surface area contributed by atoms with Gasteiger partial charge in [0.1, 0.15) is 5.75 Å². The van der Waals surface area contributed by atoms with Gasteiger partial charge in [0.15, 0.2) is 0 Å². The van der Waals surface area contributed by atoms with E-state index < -0.39 is 0 Å². The van der Waals surface area contributed by atoms with E-state index in [1.165, 1.54) is 5.56 Å². The number of rotatable bonds is 6. The van der Waals surface area contributed by atoms with Gasteiger partial charge < -0.3 is 10.1 Å². The van der Waals surface area contributed by atoms with Crippen LogP contribution in [0.2, 0.25) is 0 Å². The van der Waals surface area contributed by atoms with E-state index in [1.807, 2.05) is 31.2 Å². The lowest BCUT2D eigenvalue weighted by atomic mass is 9.89. The molecule has 1 unspecified atom stereocenters. The van der Waals surface area contributed by atoms with Crippen molar-refractivity contribution < 1.29 is 9.53 Å². The molecule has 0 spiro atoms. The molecule has 4 nitrogen and oxygen atoms in total. The number of ether oxygens (including phenoxy) is 1. The Morgan fingerprint density at radius 2 is 1.77 bits per heavy atom. The summed E-state index contributed by atoms with van der Waals surface area (Å²) in [4.78, 5) is 14.8. The van der Waals surface area contributed by atoms with Crippen LogP contribution in [0.3, 0.4) is 0 Å². The van der Waals surface area contributed by atoms with Crippen LogP contribution in [-0.4, -0.2) is 37.0 Å². The summed E-state index contributed by atoms with van der Waals surface area (Å²) in [5.74, 6) is 1.55. The van der Waals surface area contributed by atoms with Crippen LogP contribution in [0, 0.1) is 5.92 Å². The molecular formula is C22H28N2O2. The molecule has 2 aromatic carbocycles. The molecule has 1 heterocycles. The molecule has 0 radical (unpaired) electrons. The van der Waals surface area contributed by atoms with Crippen LogP contribution in [0.25, 0.3) is 0 Å². The number of benzene rings is 2. The molecule has 138 valence electrons. The third-order valence-corrected chi connectivity index (χ3v) is 5.30. The minimum absolute atomic E-state index is 0.0525. The zero-order chi connectivity index (χ0) is 18.4. The summed E-state index contributed by atoms with van der Waals surface area (Å²) in [6.07, 6.45) is 3.44. The molecule has 1 N–H and O–H groups in total. The Balaban J connectivity index is 1.47. The monoisotopic (exact) mass is 352 g/mol. The van der Waals surface area contributed by atoms with Crippen molar-refractivity contribution in [2.24, 2.45) is 5.92 Å². The van der Waals surface area contributed by atoms with Gasteiger partial charge in [0, 0.05) is 5.69 Å². The summed E-state index contributed by atoms with van der Waals surface area (Å²) in [6.45, 7) is 3.96. The van der Waals surface area contributed by atoms with Crippen molar-refractivity contribution in [1.82, 2.24) is 4.90 Å². The van der Waals surface area contributed by atoms with E-state index in [-0.39, 0.29) is 11.9 Å². The maximum Gasteiger partial charge on any atom is 0.241 e. The number of methoxy groups -OCH3 is 1. The predicted octanol–water partition coefficient (Wildman–Crippen LogP) is 3.98. The first kappa shape index (κ1) is 18.5. The van der Waals surface area contributed by atoms with Crippen LogP contribution < -0.4 is 10.1 Å². The Hall–Kier alpha value is -2.33. The number of carbonyl (C=O) groups excluding carboxylic acids is 1. The smallest absolute Gasteiger partial charge is 0.241 e. The average molecular weight is 352 g/mol. The number of piperidine rings is 1. The topological polar surface area (TPSA) is 41.6 Å². The summed E-state index contributed by atoms with van der Waals surface area (Å²) in [7, 11) is 1.64. The van der Waals surface area contributed by atoms with Crippen molar-refractivity contribution in [3.05, 3.63) is 60.2 Å². The SMILES string of the molecule is COc1ccc(NC(=O)C(C)N2CCC(Cc3ccccc3)CC2)cc1. The first-order chi connectivity index (χ1) is 12.7. The molecule has 1 aliphatic heterocycles. The van der Waals surface area contributed by atoms with Crippen LogP contribution in [-0.2, 0) is 11.2 Å². The Bertz CT molecular complexity index is 692. The van der Waals surface area contributed by atoms with Gasteiger partial charge in [-0.3, -0.25) is 9.69 Å². The fourth-order valence-corrected chi connectivity index (χ4v) is 3.58. The first-order valence-electron chi connectivity index (χ1n) is 9.38. The van der Waals surface area contributed by atoms with Gasteiger partial charge in [0.05, 0.1) is 13.2 Å². The number of nitrogens with one attached hydrogen (secondary N) is 1. The summed E-state index contributed by atoms with van der Waals surface area (Å²) in [5.41, 5.74) is 2.22. The lowest BCUT2D eigenvalue weighted by Gasteiger charge is -2.35. The highest BCUT2D eigenvalue weighted by Crippen LogP contribution is 2.23. The number of anilines is 1. The van der Waals surface area contributed by atoms with Crippen molar-refractivity contribution in [3.63, 3.8) is 0 Å². The molecule has 1 aliphatic rings. The normalized spacial score (nSPS) is 16.8. The van der Waals surface area contributed by atoms with Crippen molar-refractivity contribution in [2.75, 3.05) is 25.5 Å². The van der Waals surface area contributed by atoms with Crippen LogP contribution in [0.15, 0.2) is 54.6 Å². The molecule has 4 heteroatoms. The van der Waals surface area contributed by atoms with E-state index in [1.54, 1.807) is 7.11 Å². The van der Waals surface area contributed by atoms with Gasteiger partial charge in [-0.05, 0) is 75.0 Å². The van der Waals surface area contributed by atoms with Crippen LogP contribution >= 0.6 is 0 Å². The van der Waals surface area contributed by atoms with Gasteiger partial charge in [-0.15, -0.1) is 0 Å². The van der Waals surface area contributed by atoms with Gasteiger partial charge >= 0.3 is 0 Å². The molecule has 0 saturated carbocycles. The van der Waals surface area contributed by atoms with Gasteiger partial charge in [0.25, 0.3) is 0 Å². The molecule has 0 bridgehead atoms. The standard InChI is InChI=1S/C22H28N2O2/c1-17(22(25)23-20-8-10-21(26-2)11-9-20)24-14-12-19(13-15-24)16-18-6-4-3-5-7-18/h3-11,17,19H,12-16H2,1-2H3,(H,23,25). The molecule has 2 aromatic rings. The Morgan fingerprint density at radius 1 is 1.12 bits per heavy atom. The molecule has 1 saturated heterocycles. The van der Waals surface area contributed by atoms with Crippen molar-refractivity contribution in [2.45, 2.75) is 32.2 Å². The number of hydrogen-bond acceptors (Lipinski definition) is 3. The van der Waals surface area contributed by atoms with Gasteiger partial charge in [-0.1, -0.05) is 30.3 Å². The highest BCUT2D eigenvalue weighted by Gasteiger charge is 2.26. The minimum atomic E-state index is -0.116. The third kappa shape index (κ3) is 4.85. The van der Waals surface area contributed by atoms with Crippen molar-refractivity contribution in [1.29, 1.82) is 0 Å². The molecular weight excluding hydrogens is 324 g/mol. The summed E-state index contributed by atoms with van der Waals surface area (Å²) in [5, 5.41) is 3.01. The Morgan fingerprint density at radius 3 is 2.38 bits per heavy atom. The maximum absolute atomic E-state index is 12.6.